The number of phenolic OH excluding ortho intramolecular Hbond substituents is 1. The predicted octanol–water partition coefficient (Wildman–Crippen LogP) is 0.881. The number of benzene rings is 2. The maximum absolute atomic E-state index is 14.4. The number of anilines is 2. The Morgan fingerprint density at radius 1 is 0.936 bits per heavy atom. The third-order valence-electron chi connectivity index (χ3n) is 9.20. The molecule has 0 aliphatic heterocycles. The highest BCUT2D eigenvalue weighted by atomic mass is 19.2. The Hall–Kier alpha value is -4.77. The van der Waals surface area contributed by atoms with Gasteiger partial charge in [0.1, 0.15) is 11.3 Å². The van der Waals surface area contributed by atoms with E-state index < -0.39 is 122 Å². The number of hydrogen-bond donors (Lipinski definition) is 4. The number of nitrogens with zero attached hydrogens (tertiary/aromatic N) is 2. The third-order valence-corrected chi connectivity index (χ3v) is 9.20. The molecule has 0 radical (unpaired) electrons. The van der Waals surface area contributed by atoms with Crippen LogP contribution < -0.4 is 16.0 Å². The van der Waals surface area contributed by atoms with Gasteiger partial charge in [-0.1, -0.05) is 0 Å². The van der Waals surface area contributed by atoms with Gasteiger partial charge in [0.05, 0.1) is 23.2 Å². The molecule has 6 atom stereocenters. The fraction of sp³-hybridized carbons (Fsp3) is 0.400. The molecule has 3 aliphatic carbocycles. The van der Waals surface area contributed by atoms with E-state index >= 15 is 0 Å². The van der Waals surface area contributed by atoms with Crippen LogP contribution in [0.15, 0.2) is 6.07 Å². The highest BCUT2D eigenvalue weighted by Crippen LogP contribution is 2.52. The fourth-order valence-corrected chi connectivity index (χ4v) is 7.14. The molecule has 0 saturated heterocycles. The minimum Gasteiger partial charge on any atom is -0.505 e. The lowest BCUT2D eigenvalue weighted by Crippen LogP contribution is -2.74. The third kappa shape index (κ3) is 4.62. The molecular weight excluding hydrogens is 639 g/mol. The lowest BCUT2D eigenvalue weighted by atomic mass is 9.52. The van der Waals surface area contributed by atoms with Crippen molar-refractivity contribution in [1.82, 2.24) is 4.90 Å². The van der Waals surface area contributed by atoms with Gasteiger partial charge in [0.25, 0.3) is 5.91 Å². The number of nitrogens with two attached hydrogens (primary N) is 1. The zero-order chi connectivity index (χ0) is 35.2. The number of phenols is 1. The number of carbonyl (C=O) groups excluding carboxylic acids is 6. The van der Waals surface area contributed by atoms with Gasteiger partial charge in [0.2, 0.25) is 11.7 Å². The summed E-state index contributed by atoms with van der Waals surface area (Å²) in [6, 6.07) is -0.252. The molecule has 2 saturated carbocycles. The molecule has 0 spiro atoms. The average Bonchev–Trinajstić information content (AvgIpc) is 2.97. The van der Waals surface area contributed by atoms with Gasteiger partial charge < -0.3 is 26.2 Å². The maximum atomic E-state index is 14.4. The van der Waals surface area contributed by atoms with Crippen LogP contribution in [-0.4, -0.2) is 89.9 Å². The van der Waals surface area contributed by atoms with E-state index in [0.29, 0.717) is 0 Å². The molecular formula is C30H27F5N4O8. The first kappa shape index (κ1) is 33.6. The molecule has 17 heteroatoms. The summed E-state index contributed by atoms with van der Waals surface area (Å²) in [5.74, 6) is -27.8. The number of halogens is 5. The smallest absolute Gasteiger partial charge is 0.261 e. The van der Waals surface area contributed by atoms with E-state index in [-0.39, 0.29) is 24.1 Å². The lowest BCUT2D eigenvalue weighted by molar-refractivity contribution is -0.181. The number of likely N-dealkylation sites (N-methyl/N-ethyl adjacent to an activating group) is 1. The predicted molar refractivity (Wildman–Crippen MR) is 150 cm³/mol. The summed E-state index contributed by atoms with van der Waals surface area (Å²) >= 11 is 0. The first-order valence-electron chi connectivity index (χ1n) is 14.0. The highest BCUT2D eigenvalue weighted by Gasteiger charge is 2.69. The molecule has 0 aromatic heterocycles. The molecule has 2 aromatic carbocycles. The molecule has 3 aliphatic rings. The SMILES string of the molecule is CN(C)c1cc(NC(=O)c2c(F)c(F)c(F)c(F)c2F)c(O)c2c1CC1CC3[C@H](N(C)C)C(=O)C(C(N)=O)C(=O)[C@@]3(O)C(=O)C1C2=O. The second-order valence-electron chi connectivity index (χ2n) is 12.2. The minimum atomic E-state index is -3.01. The Morgan fingerprint density at radius 2 is 1.49 bits per heavy atom. The van der Waals surface area contributed by atoms with Crippen molar-refractivity contribution in [2.24, 2.45) is 29.4 Å². The maximum Gasteiger partial charge on any atom is 0.261 e. The van der Waals surface area contributed by atoms with Crippen LogP contribution in [0.1, 0.15) is 32.7 Å². The quantitative estimate of drug-likeness (QED) is 0.117. The van der Waals surface area contributed by atoms with Crippen LogP contribution in [0.5, 0.6) is 5.75 Å². The lowest BCUT2D eigenvalue weighted by Gasteiger charge is -2.52. The summed E-state index contributed by atoms with van der Waals surface area (Å²) in [4.78, 5) is 82.4. The van der Waals surface area contributed by atoms with Gasteiger partial charge in [-0.15, -0.1) is 0 Å². The Kier molecular flexibility index (Phi) is 8.00. The summed E-state index contributed by atoms with van der Waals surface area (Å²) < 4.78 is 69.8. The topological polar surface area (TPSA) is 187 Å². The molecule has 5 rings (SSSR count). The number of aliphatic hydroxyl groups is 1. The number of amides is 2. The van der Waals surface area contributed by atoms with E-state index in [4.69, 9.17) is 5.73 Å². The summed E-state index contributed by atoms with van der Waals surface area (Å²) in [5, 5.41) is 24.7. The number of ketones is 4. The summed E-state index contributed by atoms with van der Waals surface area (Å²) in [6.45, 7) is 0. The Morgan fingerprint density at radius 3 is 2.00 bits per heavy atom. The number of fused-ring (bicyclic) bond motifs is 3. The van der Waals surface area contributed by atoms with Crippen LogP contribution in [0.25, 0.3) is 0 Å². The van der Waals surface area contributed by atoms with Gasteiger partial charge in [-0.25, -0.2) is 22.0 Å². The molecule has 0 bridgehead atoms. The van der Waals surface area contributed by atoms with Gasteiger partial charge in [-0.2, -0.15) is 0 Å². The average molecular weight is 667 g/mol. The molecule has 250 valence electrons. The fourth-order valence-electron chi connectivity index (χ4n) is 7.14. The van der Waals surface area contributed by atoms with Crippen molar-refractivity contribution in [3.05, 3.63) is 51.8 Å². The number of primary amides is 1. The molecule has 12 nitrogen and oxygen atoms in total. The molecule has 2 amide bonds. The van der Waals surface area contributed by atoms with Crippen LogP contribution >= 0.6 is 0 Å². The van der Waals surface area contributed by atoms with E-state index in [2.05, 4.69) is 0 Å². The van der Waals surface area contributed by atoms with Crippen molar-refractivity contribution in [2.45, 2.75) is 24.5 Å². The Bertz CT molecular complexity index is 1800. The van der Waals surface area contributed by atoms with Crippen molar-refractivity contribution in [1.29, 1.82) is 0 Å². The van der Waals surface area contributed by atoms with Crippen molar-refractivity contribution in [2.75, 3.05) is 38.4 Å². The number of carbonyl (C=O) groups is 6. The minimum absolute atomic E-state index is 0.121. The number of Topliss-reactive ketones (excluding diaryl/α,β-unsaturated/α-hetero) is 4. The largest absolute Gasteiger partial charge is 0.505 e. The number of rotatable bonds is 5. The van der Waals surface area contributed by atoms with E-state index in [1.54, 1.807) is 0 Å². The molecule has 2 fully saturated rings. The van der Waals surface area contributed by atoms with Gasteiger partial charge in [-0.3, -0.25) is 33.7 Å². The molecule has 0 heterocycles. The van der Waals surface area contributed by atoms with E-state index in [1.165, 1.54) is 38.0 Å². The Balaban J connectivity index is 1.63. The van der Waals surface area contributed by atoms with Gasteiger partial charge in [-0.05, 0) is 44.5 Å². The number of nitrogens with one attached hydrogen (secondary N) is 1. The summed E-state index contributed by atoms with van der Waals surface area (Å²) in [5.41, 5.74) is -0.642. The van der Waals surface area contributed by atoms with Crippen LogP contribution in [0.4, 0.5) is 33.3 Å². The van der Waals surface area contributed by atoms with Crippen LogP contribution in [-0.2, 0) is 25.6 Å². The molecule has 4 unspecified atom stereocenters. The standard InChI is InChI=1S/C30H27F5N4O8/c1-38(2)12-7-11(37-29(46)15-17(31)19(33)21(35)20(34)18(15)32)23(40)14-9(12)5-8-6-10-22(39(3)4)25(42)16(28(36)45)27(44)30(10,47)26(43)13(8)24(14)41/h7-8,10,13,16,22,40,47H,5-6H2,1-4H3,(H2,36,45)(H,37,46)/t8?,10?,13?,16?,22-,30-/m0/s1. The van der Waals surface area contributed by atoms with Crippen molar-refractivity contribution in [3.8, 4) is 5.75 Å². The van der Waals surface area contributed by atoms with Gasteiger partial charge in [0, 0.05) is 25.7 Å². The molecule has 5 N–H and O–H groups in total. The summed E-state index contributed by atoms with van der Waals surface area (Å²) in [7, 11) is 5.82. The molecule has 47 heavy (non-hydrogen) atoms. The zero-order valence-corrected chi connectivity index (χ0v) is 25.1. The molecule has 2 aromatic rings. The van der Waals surface area contributed by atoms with E-state index in [1.807, 2.05) is 5.32 Å². The van der Waals surface area contributed by atoms with Crippen molar-refractivity contribution < 1.29 is 60.9 Å². The second kappa shape index (κ2) is 11.2. The van der Waals surface area contributed by atoms with E-state index in [9.17, 15) is 60.9 Å². The van der Waals surface area contributed by atoms with Crippen LogP contribution in [0, 0.1) is 52.8 Å². The van der Waals surface area contributed by atoms with Crippen LogP contribution in [0.2, 0.25) is 0 Å². The van der Waals surface area contributed by atoms with Crippen molar-refractivity contribution >= 4 is 46.3 Å². The highest BCUT2D eigenvalue weighted by molar-refractivity contribution is 6.32. The van der Waals surface area contributed by atoms with Gasteiger partial charge in [0.15, 0.2) is 57.9 Å². The van der Waals surface area contributed by atoms with Gasteiger partial charge >= 0.3 is 0 Å². The first-order chi connectivity index (χ1) is 21.8. The van der Waals surface area contributed by atoms with Crippen molar-refractivity contribution in [3.63, 3.8) is 0 Å². The monoisotopic (exact) mass is 666 g/mol. The van der Waals surface area contributed by atoms with Crippen LogP contribution in [0.3, 0.4) is 0 Å². The zero-order valence-electron chi connectivity index (χ0n) is 25.1. The number of hydrogen-bond acceptors (Lipinski definition) is 10. The number of aromatic hydroxyl groups is 1. The first-order valence-corrected chi connectivity index (χ1v) is 14.0. The van der Waals surface area contributed by atoms with E-state index in [0.717, 1.165) is 6.07 Å². The normalized spacial score (nSPS) is 26.9. The second-order valence-corrected chi connectivity index (χ2v) is 12.2. The Labute approximate surface area is 262 Å². The summed E-state index contributed by atoms with van der Waals surface area (Å²) in [6.07, 6.45) is -0.394.